The lowest BCUT2D eigenvalue weighted by atomic mass is 10.1. The summed E-state index contributed by atoms with van der Waals surface area (Å²) >= 11 is 0. The molecule has 0 bridgehead atoms. The summed E-state index contributed by atoms with van der Waals surface area (Å²) in [5.41, 5.74) is 1.81. The van der Waals surface area contributed by atoms with Crippen molar-refractivity contribution in [3.05, 3.63) is 53.6 Å². The second kappa shape index (κ2) is 6.01. The normalized spacial score (nSPS) is 16.4. The molecule has 1 aliphatic rings. The van der Waals surface area contributed by atoms with Gasteiger partial charge in [0, 0.05) is 6.07 Å². The number of aromatic hydroxyl groups is 1. The first-order valence-electron chi connectivity index (χ1n) is 7.43. The van der Waals surface area contributed by atoms with Gasteiger partial charge in [0.25, 0.3) is 5.91 Å². The Labute approximate surface area is 134 Å². The van der Waals surface area contributed by atoms with Gasteiger partial charge >= 0.3 is 0 Å². The van der Waals surface area contributed by atoms with E-state index in [1.165, 1.54) is 12.1 Å². The molecule has 1 unspecified atom stereocenters. The van der Waals surface area contributed by atoms with E-state index in [0.717, 1.165) is 5.56 Å². The van der Waals surface area contributed by atoms with Gasteiger partial charge in [-0.3, -0.25) is 4.79 Å². The fourth-order valence-electron chi connectivity index (χ4n) is 2.67. The number of carbonyl (C=O) groups is 1. The molecule has 0 aliphatic carbocycles. The number of anilines is 1. The number of hydrogen-bond acceptors (Lipinski definition) is 4. The minimum absolute atomic E-state index is 0.0636. The molecule has 116 valence electrons. The van der Waals surface area contributed by atoms with Crippen molar-refractivity contribution in [3.8, 4) is 17.6 Å². The third-order valence-electron chi connectivity index (χ3n) is 3.88. The van der Waals surface area contributed by atoms with Crippen LogP contribution in [0.25, 0.3) is 0 Å². The van der Waals surface area contributed by atoms with Crippen molar-refractivity contribution in [3.63, 3.8) is 0 Å². The Kier molecular flexibility index (Phi) is 3.90. The van der Waals surface area contributed by atoms with Gasteiger partial charge in [-0.2, -0.15) is 5.26 Å². The van der Waals surface area contributed by atoms with Crippen LogP contribution in [0.3, 0.4) is 0 Å². The minimum atomic E-state index is -0.554. The standard InChI is InChI=1S/C18H16N2O3/c1-2-16-18(22)20(11-13-6-4-3-5-12(13)10-19)15-9-14(21)7-8-17(15)23-16/h3-9,16,21H,2,11H2,1H3. The van der Waals surface area contributed by atoms with E-state index in [1.54, 1.807) is 23.1 Å². The van der Waals surface area contributed by atoms with E-state index in [1.807, 2.05) is 19.1 Å². The van der Waals surface area contributed by atoms with E-state index in [-0.39, 0.29) is 18.2 Å². The molecule has 2 aromatic rings. The highest BCUT2D eigenvalue weighted by Gasteiger charge is 2.33. The number of amides is 1. The molecule has 23 heavy (non-hydrogen) atoms. The average molecular weight is 308 g/mol. The van der Waals surface area contributed by atoms with Crippen LogP contribution in [0.4, 0.5) is 5.69 Å². The molecule has 0 spiro atoms. The molecule has 0 radical (unpaired) electrons. The zero-order chi connectivity index (χ0) is 16.4. The Morgan fingerprint density at radius 1 is 1.30 bits per heavy atom. The molecule has 0 saturated heterocycles. The van der Waals surface area contributed by atoms with Gasteiger partial charge in [-0.1, -0.05) is 25.1 Å². The van der Waals surface area contributed by atoms with Crippen molar-refractivity contribution in [2.75, 3.05) is 4.90 Å². The van der Waals surface area contributed by atoms with Crippen LogP contribution in [0, 0.1) is 11.3 Å². The molecule has 5 nitrogen and oxygen atoms in total. The second-order valence-corrected chi connectivity index (χ2v) is 5.36. The number of rotatable bonds is 3. The van der Waals surface area contributed by atoms with Crippen molar-refractivity contribution < 1.29 is 14.6 Å². The maximum atomic E-state index is 12.7. The van der Waals surface area contributed by atoms with Crippen molar-refractivity contribution in [1.29, 1.82) is 5.26 Å². The van der Waals surface area contributed by atoms with Gasteiger partial charge in [-0.25, -0.2) is 0 Å². The molecule has 1 N–H and O–H groups in total. The molecule has 1 amide bonds. The van der Waals surface area contributed by atoms with Crippen LogP contribution >= 0.6 is 0 Å². The van der Waals surface area contributed by atoms with Crippen molar-refractivity contribution in [2.45, 2.75) is 26.0 Å². The smallest absolute Gasteiger partial charge is 0.268 e. The lowest BCUT2D eigenvalue weighted by Crippen LogP contribution is -2.45. The molecule has 0 fully saturated rings. The highest BCUT2D eigenvalue weighted by atomic mass is 16.5. The Bertz CT molecular complexity index is 795. The zero-order valence-electron chi connectivity index (χ0n) is 12.7. The van der Waals surface area contributed by atoms with Crippen LogP contribution < -0.4 is 9.64 Å². The highest BCUT2D eigenvalue weighted by molar-refractivity contribution is 6.00. The maximum Gasteiger partial charge on any atom is 0.268 e. The monoisotopic (exact) mass is 308 g/mol. The summed E-state index contributed by atoms with van der Waals surface area (Å²) in [6, 6.07) is 14.0. The lowest BCUT2D eigenvalue weighted by molar-refractivity contribution is -0.126. The van der Waals surface area contributed by atoms with E-state index < -0.39 is 6.10 Å². The van der Waals surface area contributed by atoms with Gasteiger partial charge < -0.3 is 14.7 Å². The van der Waals surface area contributed by atoms with E-state index >= 15 is 0 Å². The first-order valence-corrected chi connectivity index (χ1v) is 7.43. The van der Waals surface area contributed by atoms with Crippen LogP contribution in [-0.4, -0.2) is 17.1 Å². The molecule has 1 aliphatic heterocycles. The molecule has 1 heterocycles. The van der Waals surface area contributed by atoms with Crippen LogP contribution in [0.1, 0.15) is 24.5 Å². The van der Waals surface area contributed by atoms with Crippen LogP contribution in [0.15, 0.2) is 42.5 Å². The van der Waals surface area contributed by atoms with Gasteiger partial charge in [0.1, 0.15) is 11.5 Å². The number of phenols is 1. The zero-order valence-corrected chi connectivity index (χ0v) is 12.7. The molecule has 1 atom stereocenters. The molecular formula is C18H16N2O3. The molecule has 2 aromatic carbocycles. The Morgan fingerprint density at radius 3 is 2.83 bits per heavy atom. The molecule has 0 aromatic heterocycles. The third kappa shape index (κ3) is 2.71. The number of benzene rings is 2. The molecular weight excluding hydrogens is 292 g/mol. The first-order chi connectivity index (χ1) is 11.1. The summed E-state index contributed by atoms with van der Waals surface area (Å²) in [7, 11) is 0. The molecule has 5 heteroatoms. The van der Waals surface area contributed by atoms with Crippen molar-refractivity contribution in [2.24, 2.45) is 0 Å². The van der Waals surface area contributed by atoms with Crippen molar-refractivity contribution >= 4 is 11.6 Å². The summed E-state index contributed by atoms with van der Waals surface area (Å²) in [5, 5.41) is 19.0. The maximum absolute atomic E-state index is 12.7. The second-order valence-electron chi connectivity index (χ2n) is 5.36. The number of nitriles is 1. The fraction of sp³-hybridized carbons (Fsp3) is 0.222. The van der Waals surface area contributed by atoms with E-state index in [9.17, 15) is 15.2 Å². The number of phenolic OH excluding ortho intramolecular Hbond substituents is 1. The lowest BCUT2D eigenvalue weighted by Gasteiger charge is -2.34. The molecule has 0 saturated carbocycles. The summed E-state index contributed by atoms with van der Waals surface area (Å²) in [4.78, 5) is 14.2. The van der Waals surface area contributed by atoms with Gasteiger partial charge in [-0.05, 0) is 30.2 Å². The van der Waals surface area contributed by atoms with Crippen LogP contribution in [0.2, 0.25) is 0 Å². The van der Waals surface area contributed by atoms with E-state index in [0.29, 0.717) is 23.4 Å². The summed E-state index contributed by atoms with van der Waals surface area (Å²) < 4.78 is 5.71. The predicted octanol–water partition coefficient (Wildman–Crippen LogP) is 2.97. The van der Waals surface area contributed by atoms with Gasteiger partial charge in [-0.15, -0.1) is 0 Å². The Morgan fingerprint density at radius 2 is 2.09 bits per heavy atom. The number of hydrogen-bond donors (Lipinski definition) is 1. The number of carbonyl (C=O) groups excluding carboxylic acids is 1. The Balaban J connectivity index is 2.04. The topological polar surface area (TPSA) is 73.6 Å². The quantitative estimate of drug-likeness (QED) is 0.946. The summed E-state index contributed by atoms with van der Waals surface area (Å²) in [5.74, 6) is 0.454. The number of nitrogens with zero attached hydrogens (tertiary/aromatic N) is 2. The van der Waals surface area contributed by atoms with Crippen molar-refractivity contribution in [1.82, 2.24) is 0 Å². The first kappa shape index (κ1) is 14.9. The highest BCUT2D eigenvalue weighted by Crippen LogP contribution is 2.38. The Hall–Kier alpha value is -3.00. The average Bonchev–Trinajstić information content (AvgIpc) is 2.57. The minimum Gasteiger partial charge on any atom is -0.508 e. The third-order valence-corrected chi connectivity index (χ3v) is 3.88. The summed E-state index contributed by atoms with van der Waals surface area (Å²) in [6.45, 7) is 2.15. The van der Waals surface area contributed by atoms with E-state index in [2.05, 4.69) is 6.07 Å². The van der Waals surface area contributed by atoms with Crippen LogP contribution in [-0.2, 0) is 11.3 Å². The van der Waals surface area contributed by atoms with Gasteiger partial charge in [0.05, 0.1) is 23.9 Å². The fourth-order valence-corrected chi connectivity index (χ4v) is 2.67. The van der Waals surface area contributed by atoms with Gasteiger partial charge in [0.2, 0.25) is 0 Å². The van der Waals surface area contributed by atoms with Crippen LogP contribution in [0.5, 0.6) is 11.5 Å². The summed E-state index contributed by atoms with van der Waals surface area (Å²) in [6.07, 6.45) is -0.00322. The number of ether oxygens (including phenoxy) is 1. The molecule has 3 rings (SSSR count). The van der Waals surface area contributed by atoms with Gasteiger partial charge in [0.15, 0.2) is 6.10 Å². The SMILES string of the molecule is CCC1Oc2ccc(O)cc2N(Cc2ccccc2C#N)C1=O. The largest absolute Gasteiger partial charge is 0.508 e. The number of fused-ring (bicyclic) bond motifs is 1. The van der Waals surface area contributed by atoms with E-state index in [4.69, 9.17) is 4.74 Å². The predicted molar refractivity (Wildman–Crippen MR) is 85.2 cm³/mol.